The predicted molar refractivity (Wildman–Crippen MR) is 74.1 cm³/mol. The molecule has 0 aliphatic heterocycles. The summed E-state index contributed by atoms with van der Waals surface area (Å²) < 4.78 is 0. The molecule has 1 aromatic rings. The van der Waals surface area contributed by atoms with E-state index >= 15 is 0 Å². The van der Waals surface area contributed by atoms with E-state index in [1.165, 1.54) is 0 Å². The van der Waals surface area contributed by atoms with Crippen molar-refractivity contribution in [2.45, 2.75) is 33.7 Å². The summed E-state index contributed by atoms with van der Waals surface area (Å²) in [6.07, 6.45) is 1.68. The molecule has 0 saturated carbocycles. The zero-order valence-corrected chi connectivity index (χ0v) is 11.5. The quantitative estimate of drug-likeness (QED) is 0.363. The van der Waals surface area contributed by atoms with Gasteiger partial charge in [-0.15, -0.1) is 0 Å². The average Bonchev–Trinajstić information content (AvgIpc) is 2.34. The molecule has 0 fully saturated rings. The largest absolute Gasteiger partial charge is 0.409 e. The Morgan fingerprint density at radius 1 is 1.44 bits per heavy atom. The molecule has 1 heterocycles. The van der Waals surface area contributed by atoms with E-state index in [9.17, 15) is 0 Å². The van der Waals surface area contributed by atoms with Gasteiger partial charge in [-0.1, -0.05) is 19.0 Å². The summed E-state index contributed by atoms with van der Waals surface area (Å²) in [6.45, 7) is 9.61. The third-order valence-electron chi connectivity index (χ3n) is 2.63. The molecule has 5 heteroatoms. The summed E-state index contributed by atoms with van der Waals surface area (Å²) in [6, 6.07) is 4.17. The maximum atomic E-state index is 8.68. The van der Waals surface area contributed by atoms with Crippen LogP contribution in [-0.4, -0.2) is 28.6 Å². The summed E-state index contributed by atoms with van der Waals surface area (Å²) in [5.41, 5.74) is 7.09. The predicted octanol–water partition coefficient (Wildman–Crippen LogP) is 2.05. The Balaban J connectivity index is 3.05. The van der Waals surface area contributed by atoms with Gasteiger partial charge in [-0.2, -0.15) is 0 Å². The monoisotopic (exact) mass is 250 g/mol. The molecule has 3 N–H and O–H groups in total. The standard InChI is InChI=1S/C13H22N4O/c1-9(2)8-17(10(3)4)11-5-6-15-12(7-11)13(14)16-18/h5-7,9-10,18H,8H2,1-4H3,(H2,14,16). The van der Waals surface area contributed by atoms with Crippen molar-refractivity contribution in [3.05, 3.63) is 24.0 Å². The first-order valence-corrected chi connectivity index (χ1v) is 6.16. The fourth-order valence-electron chi connectivity index (χ4n) is 1.80. The molecule has 0 aromatic carbocycles. The summed E-state index contributed by atoms with van der Waals surface area (Å²) in [5, 5.41) is 11.7. The lowest BCUT2D eigenvalue weighted by Crippen LogP contribution is -2.34. The second-order valence-corrected chi connectivity index (χ2v) is 5.02. The van der Waals surface area contributed by atoms with Crippen LogP contribution >= 0.6 is 0 Å². The number of oxime groups is 1. The van der Waals surface area contributed by atoms with Gasteiger partial charge >= 0.3 is 0 Å². The normalized spacial score (nSPS) is 12.2. The summed E-state index contributed by atoms with van der Waals surface area (Å²) in [4.78, 5) is 6.37. The molecular formula is C13H22N4O. The van der Waals surface area contributed by atoms with Crippen molar-refractivity contribution >= 4 is 11.5 Å². The van der Waals surface area contributed by atoms with Crippen molar-refractivity contribution in [1.29, 1.82) is 0 Å². The van der Waals surface area contributed by atoms with Gasteiger partial charge < -0.3 is 15.8 Å². The minimum Gasteiger partial charge on any atom is -0.409 e. The van der Waals surface area contributed by atoms with Gasteiger partial charge in [0.2, 0.25) is 0 Å². The molecule has 0 aliphatic carbocycles. The highest BCUT2D eigenvalue weighted by molar-refractivity contribution is 5.95. The molecule has 0 aliphatic rings. The van der Waals surface area contributed by atoms with Crippen LogP contribution in [0.1, 0.15) is 33.4 Å². The van der Waals surface area contributed by atoms with Crippen LogP contribution in [0.2, 0.25) is 0 Å². The Hall–Kier alpha value is -1.78. The maximum absolute atomic E-state index is 8.68. The van der Waals surface area contributed by atoms with Gasteiger partial charge in [-0.25, -0.2) is 0 Å². The van der Waals surface area contributed by atoms with Crippen LogP contribution in [0.25, 0.3) is 0 Å². The third-order valence-corrected chi connectivity index (χ3v) is 2.63. The van der Waals surface area contributed by atoms with Gasteiger partial charge in [0.25, 0.3) is 0 Å². The first-order valence-electron chi connectivity index (χ1n) is 6.16. The fraction of sp³-hybridized carbons (Fsp3) is 0.538. The lowest BCUT2D eigenvalue weighted by molar-refractivity contribution is 0.318. The molecule has 0 radical (unpaired) electrons. The Morgan fingerprint density at radius 2 is 2.11 bits per heavy atom. The van der Waals surface area contributed by atoms with Gasteiger partial charge in [-0.05, 0) is 31.9 Å². The molecule has 1 aromatic heterocycles. The Morgan fingerprint density at radius 3 is 2.61 bits per heavy atom. The van der Waals surface area contributed by atoms with Crippen LogP contribution < -0.4 is 10.6 Å². The topological polar surface area (TPSA) is 74.7 Å². The highest BCUT2D eigenvalue weighted by Crippen LogP contribution is 2.19. The second-order valence-electron chi connectivity index (χ2n) is 5.02. The number of pyridine rings is 1. The molecule has 0 spiro atoms. The van der Waals surface area contributed by atoms with Crippen molar-refractivity contribution in [2.24, 2.45) is 16.8 Å². The van der Waals surface area contributed by atoms with Crippen molar-refractivity contribution < 1.29 is 5.21 Å². The van der Waals surface area contributed by atoms with E-state index in [4.69, 9.17) is 10.9 Å². The van der Waals surface area contributed by atoms with E-state index in [2.05, 4.69) is 42.7 Å². The summed E-state index contributed by atoms with van der Waals surface area (Å²) in [5.74, 6) is 0.595. The molecule has 0 saturated heterocycles. The lowest BCUT2D eigenvalue weighted by atomic mass is 10.1. The van der Waals surface area contributed by atoms with E-state index in [1.807, 2.05) is 12.1 Å². The molecule has 0 atom stereocenters. The molecule has 1 rings (SSSR count). The van der Waals surface area contributed by atoms with E-state index in [0.717, 1.165) is 12.2 Å². The Kier molecular flexibility index (Phi) is 4.95. The molecule has 18 heavy (non-hydrogen) atoms. The smallest absolute Gasteiger partial charge is 0.188 e. The SMILES string of the molecule is CC(C)CN(c1ccnc(C(N)=NO)c1)C(C)C. The van der Waals surface area contributed by atoms with Crippen LogP contribution in [0.5, 0.6) is 0 Å². The first kappa shape index (κ1) is 14.3. The minimum atomic E-state index is 0.0325. The molecule has 0 bridgehead atoms. The molecule has 5 nitrogen and oxygen atoms in total. The number of hydrogen-bond donors (Lipinski definition) is 2. The van der Waals surface area contributed by atoms with Crippen LogP contribution in [0.15, 0.2) is 23.5 Å². The Labute approximate surface area is 108 Å². The average molecular weight is 250 g/mol. The number of nitrogens with zero attached hydrogens (tertiary/aromatic N) is 3. The summed E-state index contributed by atoms with van der Waals surface area (Å²) in [7, 11) is 0. The number of anilines is 1. The maximum Gasteiger partial charge on any atom is 0.188 e. The Bertz CT molecular complexity index is 415. The zero-order chi connectivity index (χ0) is 13.7. The second kappa shape index (κ2) is 6.23. The highest BCUT2D eigenvalue weighted by Gasteiger charge is 2.13. The lowest BCUT2D eigenvalue weighted by Gasteiger charge is -2.30. The van der Waals surface area contributed by atoms with Crippen molar-refractivity contribution in [1.82, 2.24) is 4.98 Å². The van der Waals surface area contributed by atoms with Gasteiger partial charge in [0.05, 0.1) is 0 Å². The molecule has 0 amide bonds. The summed E-state index contributed by atoms with van der Waals surface area (Å²) >= 11 is 0. The minimum absolute atomic E-state index is 0.0325. The van der Waals surface area contributed by atoms with Crippen molar-refractivity contribution in [3.63, 3.8) is 0 Å². The van der Waals surface area contributed by atoms with Crippen molar-refractivity contribution in [2.75, 3.05) is 11.4 Å². The molecule has 0 unspecified atom stereocenters. The number of nitrogens with two attached hydrogens (primary N) is 1. The molecular weight excluding hydrogens is 228 g/mol. The van der Waals surface area contributed by atoms with Crippen LogP contribution in [0, 0.1) is 5.92 Å². The van der Waals surface area contributed by atoms with Gasteiger partial charge in [0.1, 0.15) is 5.69 Å². The number of hydrogen-bond acceptors (Lipinski definition) is 4. The fourth-order valence-corrected chi connectivity index (χ4v) is 1.80. The van der Waals surface area contributed by atoms with E-state index in [0.29, 0.717) is 17.7 Å². The van der Waals surface area contributed by atoms with Gasteiger partial charge in [-0.3, -0.25) is 4.98 Å². The number of amidine groups is 1. The van der Waals surface area contributed by atoms with Crippen LogP contribution in [0.3, 0.4) is 0 Å². The number of aromatic nitrogens is 1. The third kappa shape index (κ3) is 3.61. The van der Waals surface area contributed by atoms with Gasteiger partial charge in [0.15, 0.2) is 5.84 Å². The number of rotatable bonds is 5. The van der Waals surface area contributed by atoms with Crippen LogP contribution in [-0.2, 0) is 0 Å². The van der Waals surface area contributed by atoms with Gasteiger partial charge in [0, 0.05) is 24.5 Å². The van der Waals surface area contributed by atoms with E-state index in [1.54, 1.807) is 6.20 Å². The van der Waals surface area contributed by atoms with E-state index in [-0.39, 0.29) is 5.84 Å². The zero-order valence-electron chi connectivity index (χ0n) is 11.5. The van der Waals surface area contributed by atoms with E-state index < -0.39 is 0 Å². The van der Waals surface area contributed by atoms with Crippen molar-refractivity contribution in [3.8, 4) is 0 Å². The first-order chi connectivity index (χ1) is 8.45. The van der Waals surface area contributed by atoms with Crippen LogP contribution in [0.4, 0.5) is 5.69 Å². The molecule has 100 valence electrons. The highest BCUT2D eigenvalue weighted by atomic mass is 16.4.